The Kier molecular flexibility index (Phi) is 3.56. The summed E-state index contributed by atoms with van der Waals surface area (Å²) >= 11 is 3.16. The van der Waals surface area contributed by atoms with Crippen molar-refractivity contribution >= 4 is 26.9 Å². The first-order valence-corrected chi connectivity index (χ1v) is 6.92. The van der Waals surface area contributed by atoms with E-state index in [0.717, 1.165) is 10.9 Å². The Morgan fingerprint density at radius 3 is 2.65 bits per heavy atom. The standard InChI is InChI=1S/C16H11BrO3/c17-14-8-12-6-7-13(9-15(12)20-16(14)18)19-10-11-4-2-1-3-5-11/h1-9H,10H2. The quantitative estimate of drug-likeness (QED) is 0.677. The zero-order valence-electron chi connectivity index (χ0n) is 10.5. The molecule has 3 nitrogen and oxygen atoms in total. The van der Waals surface area contributed by atoms with E-state index in [1.165, 1.54) is 0 Å². The predicted molar refractivity (Wildman–Crippen MR) is 81.0 cm³/mol. The van der Waals surface area contributed by atoms with Crippen molar-refractivity contribution in [1.29, 1.82) is 0 Å². The van der Waals surface area contributed by atoms with Crippen LogP contribution in [0.15, 0.2) is 68.3 Å². The highest BCUT2D eigenvalue weighted by Gasteiger charge is 2.04. The second-order valence-electron chi connectivity index (χ2n) is 4.36. The molecule has 0 amide bonds. The zero-order chi connectivity index (χ0) is 13.9. The van der Waals surface area contributed by atoms with Gasteiger partial charge in [-0.25, -0.2) is 4.79 Å². The van der Waals surface area contributed by atoms with Gasteiger partial charge in [0.2, 0.25) is 0 Å². The molecule has 0 spiro atoms. The van der Waals surface area contributed by atoms with Crippen LogP contribution in [-0.4, -0.2) is 0 Å². The SMILES string of the molecule is O=c1oc2cc(OCc3ccccc3)ccc2cc1Br. The molecule has 3 rings (SSSR count). The van der Waals surface area contributed by atoms with Gasteiger partial charge in [-0.15, -0.1) is 0 Å². The summed E-state index contributed by atoms with van der Waals surface area (Å²) < 4.78 is 11.3. The molecule has 3 aromatic rings. The molecule has 0 aliphatic carbocycles. The molecule has 0 atom stereocenters. The van der Waals surface area contributed by atoms with Gasteiger partial charge in [-0.3, -0.25) is 0 Å². The Bertz CT molecular complexity index is 794. The maximum Gasteiger partial charge on any atom is 0.350 e. The molecule has 0 N–H and O–H groups in total. The van der Waals surface area contributed by atoms with Crippen LogP contribution in [0, 0.1) is 0 Å². The molecule has 0 saturated carbocycles. The smallest absolute Gasteiger partial charge is 0.350 e. The number of rotatable bonds is 3. The molecule has 0 radical (unpaired) electrons. The third kappa shape index (κ3) is 2.75. The summed E-state index contributed by atoms with van der Waals surface area (Å²) in [5, 5.41) is 0.850. The summed E-state index contributed by atoms with van der Waals surface area (Å²) in [6.07, 6.45) is 0. The summed E-state index contributed by atoms with van der Waals surface area (Å²) in [5.74, 6) is 0.673. The molecule has 4 heteroatoms. The van der Waals surface area contributed by atoms with E-state index in [4.69, 9.17) is 9.15 Å². The molecular formula is C16H11BrO3. The Labute approximate surface area is 123 Å². The maximum atomic E-state index is 11.5. The zero-order valence-corrected chi connectivity index (χ0v) is 12.1. The van der Waals surface area contributed by atoms with Gasteiger partial charge in [0.05, 0.1) is 0 Å². The molecule has 0 saturated heterocycles. The highest BCUT2D eigenvalue weighted by Crippen LogP contribution is 2.22. The van der Waals surface area contributed by atoms with Gasteiger partial charge in [0.15, 0.2) is 0 Å². The number of benzene rings is 2. The molecule has 0 aliphatic heterocycles. The minimum Gasteiger partial charge on any atom is -0.489 e. The van der Waals surface area contributed by atoms with E-state index < -0.39 is 5.63 Å². The molecule has 1 aromatic heterocycles. The molecule has 2 aromatic carbocycles. The lowest BCUT2D eigenvalue weighted by Crippen LogP contribution is -1.99. The van der Waals surface area contributed by atoms with Crippen molar-refractivity contribution in [2.45, 2.75) is 6.61 Å². The Hall–Kier alpha value is -2.07. The Morgan fingerprint density at radius 1 is 1.05 bits per heavy atom. The van der Waals surface area contributed by atoms with Gasteiger partial charge < -0.3 is 9.15 Å². The van der Waals surface area contributed by atoms with Crippen LogP contribution in [0.1, 0.15) is 5.56 Å². The van der Waals surface area contributed by atoms with Crippen LogP contribution in [0.3, 0.4) is 0 Å². The summed E-state index contributed by atoms with van der Waals surface area (Å²) in [7, 11) is 0. The lowest BCUT2D eigenvalue weighted by molar-refractivity contribution is 0.306. The van der Waals surface area contributed by atoms with E-state index in [2.05, 4.69) is 15.9 Å². The summed E-state index contributed by atoms with van der Waals surface area (Å²) in [5.41, 5.74) is 1.21. The summed E-state index contributed by atoms with van der Waals surface area (Å²) in [6.45, 7) is 0.479. The van der Waals surface area contributed by atoms with Crippen molar-refractivity contribution in [2.24, 2.45) is 0 Å². The molecular weight excluding hydrogens is 320 g/mol. The van der Waals surface area contributed by atoms with Gasteiger partial charge in [-0.1, -0.05) is 30.3 Å². The van der Waals surface area contributed by atoms with Crippen LogP contribution in [0.25, 0.3) is 11.0 Å². The van der Waals surface area contributed by atoms with E-state index in [-0.39, 0.29) is 0 Å². The van der Waals surface area contributed by atoms with Crippen LogP contribution in [0.5, 0.6) is 5.75 Å². The van der Waals surface area contributed by atoms with Gasteiger partial charge in [-0.2, -0.15) is 0 Å². The molecule has 0 unspecified atom stereocenters. The number of ether oxygens (including phenoxy) is 1. The largest absolute Gasteiger partial charge is 0.489 e. The van der Waals surface area contributed by atoms with Crippen molar-refractivity contribution in [3.8, 4) is 5.75 Å². The topological polar surface area (TPSA) is 39.4 Å². The fourth-order valence-corrected chi connectivity index (χ4v) is 2.22. The fraction of sp³-hybridized carbons (Fsp3) is 0.0625. The van der Waals surface area contributed by atoms with Crippen molar-refractivity contribution in [3.05, 3.63) is 75.1 Å². The molecule has 0 bridgehead atoms. The van der Waals surface area contributed by atoms with E-state index in [1.807, 2.05) is 42.5 Å². The maximum absolute atomic E-state index is 11.5. The fourth-order valence-electron chi connectivity index (χ4n) is 1.90. The first-order valence-electron chi connectivity index (χ1n) is 6.12. The first kappa shape index (κ1) is 12.9. The molecule has 0 fully saturated rings. The van der Waals surface area contributed by atoms with Gasteiger partial charge in [-0.05, 0) is 39.7 Å². The van der Waals surface area contributed by atoms with Gasteiger partial charge in [0.1, 0.15) is 22.4 Å². The van der Waals surface area contributed by atoms with Crippen LogP contribution in [0.4, 0.5) is 0 Å². The average molecular weight is 331 g/mol. The highest BCUT2D eigenvalue weighted by atomic mass is 79.9. The molecule has 0 aliphatic rings. The molecule has 100 valence electrons. The van der Waals surface area contributed by atoms with Gasteiger partial charge >= 0.3 is 5.63 Å². The van der Waals surface area contributed by atoms with Crippen molar-refractivity contribution in [3.63, 3.8) is 0 Å². The first-order chi connectivity index (χ1) is 9.72. The minimum absolute atomic E-state index is 0.391. The van der Waals surface area contributed by atoms with Crippen molar-refractivity contribution < 1.29 is 9.15 Å². The Balaban J connectivity index is 1.86. The van der Waals surface area contributed by atoms with E-state index >= 15 is 0 Å². The summed E-state index contributed by atoms with van der Waals surface area (Å²) in [6, 6.07) is 17.1. The van der Waals surface area contributed by atoms with E-state index in [0.29, 0.717) is 22.4 Å². The average Bonchev–Trinajstić information content (AvgIpc) is 2.47. The number of fused-ring (bicyclic) bond motifs is 1. The number of hydrogen-bond donors (Lipinski definition) is 0. The van der Waals surface area contributed by atoms with Crippen LogP contribution >= 0.6 is 15.9 Å². The monoisotopic (exact) mass is 330 g/mol. The van der Waals surface area contributed by atoms with Gasteiger partial charge in [0.25, 0.3) is 0 Å². The molecule has 20 heavy (non-hydrogen) atoms. The lowest BCUT2D eigenvalue weighted by Gasteiger charge is -2.07. The van der Waals surface area contributed by atoms with E-state index in [9.17, 15) is 4.79 Å². The third-order valence-electron chi connectivity index (χ3n) is 2.91. The highest BCUT2D eigenvalue weighted by molar-refractivity contribution is 9.10. The number of hydrogen-bond acceptors (Lipinski definition) is 3. The third-order valence-corrected chi connectivity index (χ3v) is 3.47. The second kappa shape index (κ2) is 5.51. The number of halogens is 1. The van der Waals surface area contributed by atoms with Crippen molar-refractivity contribution in [1.82, 2.24) is 0 Å². The van der Waals surface area contributed by atoms with Crippen molar-refractivity contribution in [2.75, 3.05) is 0 Å². The van der Waals surface area contributed by atoms with E-state index in [1.54, 1.807) is 12.1 Å². The van der Waals surface area contributed by atoms with Crippen LogP contribution in [-0.2, 0) is 6.61 Å². The molecule has 1 heterocycles. The lowest BCUT2D eigenvalue weighted by atomic mass is 10.2. The minimum atomic E-state index is -0.391. The van der Waals surface area contributed by atoms with Crippen LogP contribution < -0.4 is 10.4 Å². The van der Waals surface area contributed by atoms with Crippen LogP contribution in [0.2, 0.25) is 0 Å². The second-order valence-corrected chi connectivity index (χ2v) is 5.21. The predicted octanol–water partition coefficient (Wildman–Crippen LogP) is 4.13. The summed E-state index contributed by atoms with van der Waals surface area (Å²) in [4.78, 5) is 11.5. The Morgan fingerprint density at radius 2 is 1.85 bits per heavy atom. The normalized spacial score (nSPS) is 10.7. The van der Waals surface area contributed by atoms with Gasteiger partial charge in [0, 0.05) is 11.5 Å².